The molecule has 0 bridgehead atoms. The molecule has 6 nitrogen and oxygen atoms in total. The number of hydrogen-bond acceptors (Lipinski definition) is 4. The van der Waals surface area contributed by atoms with Crippen LogP contribution in [0.2, 0.25) is 0 Å². The van der Waals surface area contributed by atoms with Crippen LogP contribution >= 0.6 is 0 Å². The average molecular weight is 407 g/mol. The summed E-state index contributed by atoms with van der Waals surface area (Å²) in [4.78, 5) is 25.1. The lowest BCUT2D eigenvalue weighted by atomic mass is 10.0. The predicted molar refractivity (Wildman–Crippen MR) is 115 cm³/mol. The highest BCUT2D eigenvalue weighted by atomic mass is 16.6. The maximum Gasteiger partial charge on any atom is 0.429 e. The van der Waals surface area contributed by atoms with E-state index in [9.17, 15) is 9.59 Å². The van der Waals surface area contributed by atoms with Gasteiger partial charge in [0, 0.05) is 6.42 Å². The Morgan fingerprint density at radius 2 is 1.72 bits per heavy atom. The zero-order valence-corrected chi connectivity index (χ0v) is 19.1. The van der Waals surface area contributed by atoms with Crippen LogP contribution < -0.4 is 5.43 Å². The Kier molecular flexibility index (Phi) is 9.55. The molecule has 0 unspecified atom stereocenters. The molecular weight excluding hydrogens is 368 g/mol. The van der Waals surface area contributed by atoms with E-state index in [0.29, 0.717) is 6.42 Å². The standard InChI is InChI=1S/C23H38N2O4/c1-8-9-10-11-12-13-15-18-16-14-17-19(18)25(21(27)29-23(5,6)7)24-20(26)28-22(2,3)4/h14,16,18-19H,8-12,17H2,1-7H3,(H,24,26)/t18-,19-/m0/s1. The lowest BCUT2D eigenvalue weighted by Gasteiger charge is -2.33. The highest BCUT2D eigenvalue weighted by molar-refractivity contribution is 5.75. The van der Waals surface area contributed by atoms with Crippen molar-refractivity contribution in [1.29, 1.82) is 0 Å². The van der Waals surface area contributed by atoms with E-state index in [1.54, 1.807) is 41.5 Å². The van der Waals surface area contributed by atoms with Crippen LogP contribution in [0.15, 0.2) is 12.2 Å². The zero-order chi connectivity index (χ0) is 22.1. The fraction of sp³-hybridized carbons (Fsp3) is 0.739. The second kappa shape index (κ2) is 11.1. The predicted octanol–water partition coefficient (Wildman–Crippen LogP) is 5.58. The minimum atomic E-state index is -0.693. The van der Waals surface area contributed by atoms with Gasteiger partial charge in [-0.05, 0) is 54.4 Å². The topological polar surface area (TPSA) is 67.9 Å². The van der Waals surface area contributed by atoms with Gasteiger partial charge in [-0.3, -0.25) is 0 Å². The minimum absolute atomic E-state index is 0.163. The summed E-state index contributed by atoms with van der Waals surface area (Å²) in [5.74, 6) is 6.31. The number of nitrogens with one attached hydrogen (secondary N) is 1. The lowest BCUT2D eigenvalue weighted by molar-refractivity contribution is -0.0108. The van der Waals surface area contributed by atoms with Crippen molar-refractivity contribution < 1.29 is 19.1 Å². The molecule has 0 aromatic rings. The van der Waals surface area contributed by atoms with Crippen molar-refractivity contribution in [3.05, 3.63) is 12.2 Å². The van der Waals surface area contributed by atoms with Gasteiger partial charge in [-0.1, -0.05) is 44.3 Å². The van der Waals surface area contributed by atoms with Gasteiger partial charge in [-0.25, -0.2) is 20.0 Å². The van der Waals surface area contributed by atoms with Crippen LogP contribution in [0.4, 0.5) is 9.59 Å². The van der Waals surface area contributed by atoms with Gasteiger partial charge in [0.15, 0.2) is 0 Å². The zero-order valence-electron chi connectivity index (χ0n) is 19.1. The molecule has 0 saturated heterocycles. The van der Waals surface area contributed by atoms with E-state index >= 15 is 0 Å². The molecule has 1 aliphatic rings. The number of carbonyl (C=O) groups is 2. The van der Waals surface area contributed by atoms with Gasteiger partial charge >= 0.3 is 12.2 Å². The molecule has 0 spiro atoms. The summed E-state index contributed by atoms with van der Waals surface area (Å²) in [6.07, 6.45) is 8.75. The fourth-order valence-electron chi connectivity index (χ4n) is 2.85. The number of hydrogen-bond donors (Lipinski definition) is 1. The molecule has 0 aliphatic heterocycles. The van der Waals surface area contributed by atoms with Crippen LogP contribution in [0.1, 0.15) is 87.0 Å². The Labute approximate surface area is 176 Å². The van der Waals surface area contributed by atoms with E-state index in [0.717, 1.165) is 12.8 Å². The van der Waals surface area contributed by atoms with Crippen molar-refractivity contribution in [2.75, 3.05) is 0 Å². The van der Waals surface area contributed by atoms with Gasteiger partial charge in [-0.15, -0.1) is 5.92 Å². The van der Waals surface area contributed by atoms with Crippen molar-refractivity contribution in [3.8, 4) is 11.8 Å². The number of carbonyl (C=O) groups excluding carboxylic acids is 2. The largest absolute Gasteiger partial charge is 0.443 e. The number of ether oxygens (including phenoxy) is 2. The SMILES string of the molecule is CCCCCCC#C[C@H]1C=CC[C@@H]1N(NC(=O)OC(C)(C)C)C(=O)OC(C)(C)C. The van der Waals surface area contributed by atoms with Crippen molar-refractivity contribution >= 4 is 12.2 Å². The molecule has 2 amide bonds. The van der Waals surface area contributed by atoms with Crippen LogP contribution in [0.25, 0.3) is 0 Å². The van der Waals surface area contributed by atoms with Crippen LogP contribution in [-0.2, 0) is 9.47 Å². The maximum absolute atomic E-state index is 12.8. The second-order valence-electron chi connectivity index (χ2n) is 9.35. The summed E-state index contributed by atoms with van der Waals surface area (Å²) >= 11 is 0. The Morgan fingerprint density at radius 3 is 2.31 bits per heavy atom. The van der Waals surface area contributed by atoms with Crippen LogP contribution in [0, 0.1) is 17.8 Å². The van der Waals surface area contributed by atoms with Crippen LogP contribution in [0.3, 0.4) is 0 Å². The van der Waals surface area contributed by atoms with E-state index < -0.39 is 23.4 Å². The van der Waals surface area contributed by atoms with Crippen molar-refractivity contribution in [3.63, 3.8) is 0 Å². The van der Waals surface area contributed by atoms with E-state index in [1.165, 1.54) is 24.3 Å². The van der Waals surface area contributed by atoms with E-state index in [2.05, 4.69) is 24.2 Å². The number of hydrazine groups is 1. The Morgan fingerprint density at radius 1 is 1.07 bits per heavy atom. The van der Waals surface area contributed by atoms with E-state index in [4.69, 9.17) is 9.47 Å². The number of amides is 2. The molecule has 0 aromatic carbocycles. The van der Waals surface area contributed by atoms with Gasteiger partial charge in [0.05, 0.1) is 12.0 Å². The van der Waals surface area contributed by atoms with Gasteiger partial charge < -0.3 is 9.47 Å². The fourth-order valence-corrected chi connectivity index (χ4v) is 2.85. The van der Waals surface area contributed by atoms with E-state index in [-0.39, 0.29) is 12.0 Å². The Hall–Kier alpha value is -2.16. The van der Waals surface area contributed by atoms with Crippen molar-refractivity contribution in [2.45, 2.75) is 104 Å². The Bertz CT molecular complexity index is 632. The highest BCUT2D eigenvalue weighted by Crippen LogP contribution is 2.24. The third kappa shape index (κ3) is 10.3. The molecule has 1 rings (SSSR count). The second-order valence-corrected chi connectivity index (χ2v) is 9.35. The normalized spacial score (nSPS) is 18.6. The third-order valence-corrected chi connectivity index (χ3v) is 4.09. The van der Waals surface area contributed by atoms with Gasteiger partial charge in [0.1, 0.15) is 11.2 Å². The first-order chi connectivity index (χ1) is 13.4. The summed E-state index contributed by atoms with van der Waals surface area (Å²) in [5.41, 5.74) is 1.22. The molecule has 0 radical (unpaired) electrons. The summed E-state index contributed by atoms with van der Waals surface area (Å²) in [6, 6.07) is -0.333. The lowest BCUT2D eigenvalue weighted by Crippen LogP contribution is -2.55. The molecule has 6 heteroatoms. The number of nitrogens with zero attached hydrogens (tertiary/aromatic N) is 1. The van der Waals surface area contributed by atoms with E-state index in [1.807, 2.05) is 12.2 Å². The van der Waals surface area contributed by atoms with Crippen molar-refractivity contribution in [2.24, 2.45) is 5.92 Å². The summed E-state index contributed by atoms with van der Waals surface area (Å²) < 4.78 is 10.8. The van der Waals surface area contributed by atoms with Gasteiger partial charge in [0.25, 0.3) is 0 Å². The first-order valence-electron chi connectivity index (χ1n) is 10.6. The third-order valence-electron chi connectivity index (χ3n) is 4.09. The molecule has 29 heavy (non-hydrogen) atoms. The Balaban J connectivity index is 2.88. The first kappa shape index (κ1) is 24.9. The molecule has 0 saturated carbocycles. The molecule has 1 N–H and O–H groups in total. The monoisotopic (exact) mass is 406 g/mol. The average Bonchev–Trinajstić information content (AvgIpc) is 3.00. The highest BCUT2D eigenvalue weighted by Gasteiger charge is 2.36. The number of unbranched alkanes of at least 4 members (excludes halogenated alkanes) is 4. The van der Waals surface area contributed by atoms with Crippen LogP contribution in [-0.4, -0.2) is 34.4 Å². The van der Waals surface area contributed by atoms with Crippen molar-refractivity contribution in [1.82, 2.24) is 10.4 Å². The van der Waals surface area contributed by atoms with Gasteiger partial charge in [0.2, 0.25) is 0 Å². The van der Waals surface area contributed by atoms with Gasteiger partial charge in [-0.2, -0.15) is 0 Å². The molecular formula is C23H38N2O4. The molecule has 0 aromatic heterocycles. The summed E-state index contributed by atoms with van der Waals surface area (Å²) in [5, 5.41) is 1.23. The first-order valence-corrected chi connectivity index (χ1v) is 10.6. The quantitative estimate of drug-likeness (QED) is 0.280. The molecule has 1 aliphatic carbocycles. The smallest absolute Gasteiger partial charge is 0.429 e. The molecule has 164 valence electrons. The molecule has 0 fully saturated rings. The summed E-state index contributed by atoms with van der Waals surface area (Å²) in [7, 11) is 0. The minimum Gasteiger partial charge on any atom is -0.443 e. The van der Waals surface area contributed by atoms with Crippen LogP contribution in [0.5, 0.6) is 0 Å². The summed E-state index contributed by atoms with van der Waals surface area (Å²) in [6.45, 7) is 12.9. The molecule has 2 atom stereocenters. The molecule has 0 heterocycles. The maximum atomic E-state index is 12.8. The number of rotatable bonds is 5.